The molecule has 0 N–H and O–H groups in total. The lowest BCUT2D eigenvalue weighted by Gasteiger charge is -2.31. The molecule has 5 saturated carbocycles. The molecule has 76 heavy (non-hydrogen) atoms. The standard InChI is InChI=1S/C10H18.C10H16.2C9H17N.C8H15N.C8H17N.C8H15N.C7H16N2/c2*1-8-3-5-10(6-4-8)7-9(10)2;1-8-7-9(8)3-5-10(2)6-4-9;1-3-10-5-4-9(2)6-8(9)7-10;1-3-8-4-6-9(2)7-5-8;3*1-3-9-6-4-8(2)5-7-9/h8-9H,3-7H2,1-2H3;3,9H,4-7H2,1-2H3;2*8H,3-7H2,1-2H3;3H,4-7H2,1-2H3;8H,3-7H2,1-2H3;4H,3,5-7H2,1-2H3;3-7H2,1-2H3/t8?,9-,10?;9-,10?;8-;8?,9-;;;;/m1110..../s1. The second kappa shape index (κ2) is 32.0. The summed E-state index contributed by atoms with van der Waals surface area (Å²) in [7, 11) is 6.61. The molecule has 0 radical (unpaired) electrons. The SMILES string of the molecule is CC1=CCC2(CC1)C[C@H]2C.CC1CCC2(CC1)C[C@H]2C.CC=C1CCN(C)CC1.CCN1CC=C(C)CC1.CCN1CCC(C)CC1.CCN1CCN(C)CC1.CCN1CC[C@@]2(C)CC2C1.C[C@@H]1CC12CCN(C)CC2. The Hall–Kier alpha value is -1.06. The van der Waals surface area contributed by atoms with Crippen molar-refractivity contribution < 1.29 is 0 Å². The van der Waals surface area contributed by atoms with Crippen molar-refractivity contribution in [3.8, 4) is 0 Å². The van der Waals surface area contributed by atoms with E-state index in [1.54, 1.807) is 23.1 Å². The maximum absolute atomic E-state index is 2.58. The van der Waals surface area contributed by atoms with Crippen LogP contribution in [-0.4, -0.2) is 173 Å². The van der Waals surface area contributed by atoms with Gasteiger partial charge >= 0.3 is 0 Å². The maximum Gasteiger partial charge on any atom is 0.0165 e. The minimum absolute atomic E-state index is 0.783. The van der Waals surface area contributed by atoms with Gasteiger partial charge in [0.2, 0.25) is 0 Å². The second-order valence-electron chi connectivity index (χ2n) is 28.6. The van der Waals surface area contributed by atoms with Gasteiger partial charge in [0.1, 0.15) is 0 Å². The Morgan fingerprint density at radius 2 is 0.934 bits per heavy atom. The number of allylic oxidation sites excluding steroid dienone is 3. The average Bonchev–Trinajstić information content (AvgIpc) is 4.41. The minimum atomic E-state index is 0.783. The number of rotatable bonds is 4. The van der Waals surface area contributed by atoms with Gasteiger partial charge in [-0.15, -0.1) is 0 Å². The van der Waals surface area contributed by atoms with E-state index in [1.165, 1.54) is 233 Å². The molecule has 0 bridgehead atoms. The molecule has 6 aliphatic heterocycles. The van der Waals surface area contributed by atoms with Crippen LogP contribution in [0.5, 0.6) is 0 Å². The lowest BCUT2D eigenvalue weighted by Crippen LogP contribution is -2.44. The number of piperidine rings is 4. The van der Waals surface area contributed by atoms with Crippen molar-refractivity contribution in [3.05, 3.63) is 34.9 Å². The van der Waals surface area contributed by atoms with Gasteiger partial charge in [0.05, 0.1) is 0 Å². The molecule has 6 heterocycles. The van der Waals surface area contributed by atoms with Crippen LogP contribution in [0.2, 0.25) is 0 Å². The smallest absolute Gasteiger partial charge is 0.0165 e. The van der Waals surface area contributed by atoms with Gasteiger partial charge in [0.15, 0.2) is 0 Å². The molecule has 442 valence electrons. The average molecular weight is 1060 g/mol. The predicted molar refractivity (Wildman–Crippen MR) is 335 cm³/mol. The van der Waals surface area contributed by atoms with Crippen molar-refractivity contribution in [2.24, 2.45) is 57.2 Å². The molecule has 2 unspecified atom stereocenters. The quantitative estimate of drug-likeness (QED) is 0.259. The number of fused-ring (bicyclic) bond motifs is 1. The van der Waals surface area contributed by atoms with Gasteiger partial charge in [0.25, 0.3) is 0 Å². The summed E-state index contributed by atoms with van der Waals surface area (Å²) in [6.45, 7) is 52.9. The van der Waals surface area contributed by atoms with E-state index in [0.717, 1.165) is 57.2 Å². The Bertz CT molecular complexity index is 1640. The zero-order valence-corrected chi connectivity index (χ0v) is 54.0. The van der Waals surface area contributed by atoms with Crippen molar-refractivity contribution in [1.29, 1.82) is 0 Å². The maximum atomic E-state index is 2.58. The fraction of sp³-hybridized carbons (Fsp3) is 0.913. The predicted octanol–water partition coefficient (Wildman–Crippen LogP) is 15.2. The van der Waals surface area contributed by atoms with Crippen LogP contribution in [0, 0.1) is 57.2 Å². The minimum Gasteiger partial charge on any atom is -0.306 e. The number of hydrogen-bond acceptors (Lipinski definition) is 7. The topological polar surface area (TPSA) is 22.7 Å². The number of likely N-dealkylation sites (N-methyl/N-ethyl adjacent to an activating group) is 3. The summed E-state index contributed by atoms with van der Waals surface area (Å²) in [4.78, 5) is 17.3. The zero-order valence-electron chi connectivity index (χ0n) is 54.0. The number of likely N-dealkylation sites (tertiary alicyclic amines) is 4. The summed E-state index contributed by atoms with van der Waals surface area (Å²) in [5, 5.41) is 0. The molecule has 0 aromatic carbocycles. The number of piperazine rings is 1. The highest BCUT2D eigenvalue weighted by Crippen LogP contribution is 2.62. The van der Waals surface area contributed by atoms with Gasteiger partial charge in [0, 0.05) is 58.9 Å². The molecule has 3 spiro atoms. The summed E-state index contributed by atoms with van der Waals surface area (Å²) in [6, 6.07) is 0. The highest BCUT2D eigenvalue weighted by atomic mass is 15.2. The molecule has 6 atom stereocenters. The molecule has 7 heteroatoms. The first kappa shape index (κ1) is 65.7. The van der Waals surface area contributed by atoms with Crippen LogP contribution in [0.3, 0.4) is 0 Å². The monoisotopic (exact) mass is 1060 g/mol. The van der Waals surface area contributed by atoms with Gasteiger partial charge in [-0.3, -0.25) is 4.90 Å². The summed E-state index contributed by atoms with van der Waals surface area (Å²) in [6.07, 6.45) is 34.4. The van der Waals surface area contributed by atoms with E-state index in [1.807, 2.05) is 0 Å². The zero-order chi connectivity index (χ0) is 55.5. The third-order valence-corrected chi connectivity index (χ3v) is 22.8. The second-order valence-corrected chi connectivity index (χ2v) is 28.6. The van der Waals surface area contributed by atoms with E-state index >= 15 is 0 Å². The molecule has 12 rings (SSSR count). The number of hydrogen-bond donors (Lipinski definition) is 0. The van der Waals surface area contributed by atoms with Crippen molar-refractivity contribution in [1.82, 2.24) is 34.3 Å². The normalized spacial score (nSPS) is 35.3. The molecule has 12 aliphatic rings. The van der Waals surface area contributed by atoms with E-state index in [9.17, 15) is 0 Å². The lowest BCUT2D eigenvalue weighted by molar-refractivity contribution is 0.160. The highest BCUT2D eigenvalue weighted by molar-refractivity contribution is 5.14. The first-order valence-corrected chi connectivity index (χ1v) is 33.1. The largest absolute Gasteiger partial charge is 0.306 e. The molecule has 6 aliphatic carbocycles. The Kier molecular flexibility index (Phi) is 27.7. The summed E-state index contributed by atoms with van der Waals surface area (Å²) >= 11 is 0. The van der Waals surface area contributed by atoms with Crippen molar-refractivity contribution in [3.63, 3.8) is 0 Å². The van der Waals surface area contributed by atoms with Gasteiger partial charge in [-0.1, -0.05) is 117 Å². The van der Waals surface area contributed by atoms with Gasteiger partial charge in [-0.05, 0) is 267 Å². The molecule has 0 aromatic rings. The van der Waals surface area contributed by atoms with Gasteiger partial charge in [-0.25, -0.2) is 0 Å². The molecular formula is C69H131N7. The number of nitrogens with zero attached hydrogens (tertiary/aromatic N) is 7. The fourth-order valence-corrected chi connectivity index (χ4v) is 14.1. The van der Waals surface area contributed by atoms with Crippen molar-refractivity contribution in [2.45, 2.75) is 212 Å². The first-order chi connectivity index (χ1) is 36.2. The Labute approximate surface area is 475 Å². The van der Waals surface area contributed by atoms with Crippen LogP contribution >= 0.6 is 0 Å². The molecule has 5 saturated heterocycles. The van der Waals surface area contributed by atoms with Crippen molar-refractivity contribution >= 4 is 0 Å². The van der Waals surface area contributed by atoms with Crippen LogP contribution < -0.4 is 0 Å². The summed E-state index contributed by atoms with van der Waals surface area (Å²) in [5.41, 5.74) is 8.07. The molecule has 10 fully saturated rings. The van der Waals surface area contributed by atoms with Gasteiger partial charge < -0.3 is 29.4 Å². The van der Waals surface area contributed by atoms with Crippen LogP contribution in [0.4, 0.5) is 0 Å². The van der Waals surface area contributed by atoms with E-state index in [4.69, 9.17) is 0 Å². The molecular weight excluding hydrogens is 927 g/mol. The Morgan fingerprint density at radius 1 is 0.461 bits per heavy atom. The van der Waals surface area contributed by atoms with Crippen LogP contribution in [0.15, 0.2) is 34.9 Å². The van der Waals surface area contributed by atoms with E-state index in [0.29, 0.717) is 0 Å². The highest BCUT2D eigenvalue weighted by Gasteiger charge is 2.53. The first-order valence-electron chi connectivity index (χ1n) is 33.1. The van der Waals surface area contributed by atoms with Crippen LogP contribution in [-0.2, 0) is 0 Å². The van der Waals surface area contributed by atoms with E-state index in [2.05, 4.69) is 164 Å². The van der Waals surface area contributed by atoms with Crippen LogP contribution in [0.25, 0.3) is 0 Å². The summed E-state index contributed by atoms with van der Waals surface area (Å²) < 4.78 is 0. The lowest BCUT2D eigenvalue weighted by atomic mass is 9.79. The van der Waals surface area contributed by atoms with Gasteiger partial charge in [-0.2, -0.15) is 0 Å². The Balaban J connectivity index is 0.000000161. The van der Waals surface area contributed by atoms with E-state index < -0.39 is 0 Å². The molecule has 7 nitrogen and oxygen atoms in total. The van der Waals surface area contributed by atoms with Crippen molar-refractivity contribution in [2.75, 3.05) is 139 Å². The fourth-order valence-electron chi connectivity index (χ4n) is 14.1. The third kappa shape index (κ3) is 22.0. The third-order valence-electron chi connectivity index (χ3n) is 22.8. The van der Waals surface area contributed by atoms with Crippen LogP contribution in [0.1, 0.15) is 212 Å². The summed E-state index contributed by atoms with van der Waals surface area (Å²) in [5.74, 6) is 6.20. The Morgan fingerprint density at radius 3 is 1.38 bits per heavy atom. The van der Waals surface area contributed by atoms with E-state index in [-0.39, 0.29) is 0 Å². The molecule has 0 amide bonds. The molecule has 0 aromatic heterocycles.